The maximum Gasteiger partial charge on any atom is 0.272 e. The second-order valence-electron chi connectivity index (χ2n) is 5.86. The summed E-state index contributed by atoms with van der Waals surface area (Å²) in [6.45, 7) is 8.34. The van der Waals surface area contributed by atoms with Gasteiger partial charge in [0, 0.05) is 5.69 Å². The molecule has 0 bridgehead atoms. The van der Waals surface area contributed by atoms with E-state index in [0.29, 0.717) is 11.6 Å². The molecule has 2 atom stereocenters. The molecule has 1 aromatic rings. The molecule has 0 aliphatic heterocycles. The van der Waals surface area contributed by atoms with Crippen molar-refractivity contribution in [2.24, 2.45) is 11.8 Å². The molecular weight excluding hydrogens is 254 g/mol. The number of carbonyl (C=O) groups excluding carboxylic acids is 1. The number of nitrogens with zero attached hydrogens (tertiary/aromatic N) is 1. The molecular formula is C15H27N3O2. The van der Waals surface area contributed by atoms with E-state index in [1.54, 1.807) is 6.07 Å². The van der Waals surface area contributed by atoms with Crippen LogP contribution in [-0.2, 0) is 6.42 Å². The number of carbonyl (C=O) groups is 1. The van der Waals surface area contributed by atoms with Crippen LogP contribution >= 0.6 is 0 Å². The molecule has 0 fully saturated rings. The van der Waals surface area contributed by atoms with Gasteiger partial charge in [0.1, 0.15) is 5.69 Å². The molecule has 114 valence electrons. The van der Waals surface area contributed by atoms with E-state index in [0.717, 1.165) is 25.0 Å². The number of H-pyrrole nitrogens is 1. The molecule has 1 aromatic heterocycles. The molecule has 0 saturated carbocycles. The van der Waals surface area contributed by atoms with Crippen molar-refractivity contribution < 1.29 is 9.90 Å². The molecule has 3 N–H and O–H groups in total. The van der Waals surface area contributed by atoms with Crippen molar-refractivity contribution in [3.8, 4) is 0 Å². The first-order chi connectivity index (χ1) is 9.47. The Labute approximate surface area is 121 Å². The Kier molecular flexibility index (Phi) is 6.71. The molecule has 0 aliphatic carbocycles. The number of rotatable bonds is 8. The highest BCUT2D eigenvalue weighted by molar-refractivity contribution is 5.92. The van der Waals surface area contributed by atoms with Crippen LogP contribution in [0.25, 0.3) is 0 Å². The lowest BCUT2D eigenvalue weighted by Gasteiger charge is -2.21. The number of aliphatic hydroxyl groups excluding tert-OH is 1. The highest BCUT2D eigenvalue weighted by Gasteiger charge is 2.19. The summed E-state index contributed by atoms with van der Waals surface area (Å²) >= 11 is 0. The summed E-state index contributed by atoms with van der Waals surface area (Å²) in [5.41, 5.74) is 1.37. The smallest absolute Gasteiger partial charge is 0.272 e. The third kappa shape index (κ3) is 4.96. The summed E-state index contributed by atoms with van der Waals surface area (Å²) in [5, 5.41) is 19.1. The molecule has 1 heterocycles. The van der Waals surface area contributed by atoms with Gasteiger partial charge in [-0.3, -0.25) is 9.89 Å². The van der Waals surface area contributed by atoms with Gasteiger partial charge in [0.15, 0.2) is 0 Å². The van der Waals surface area contributed by atoms with Crippen LogP contribution in [0.15, 0.2) is 6.07 Å². The number of aryl methyl sites for hydroxylation is 1. The largest absolute Gasteiger partial charge is 0.394 e. The lowest BCUT2D eigenvalue weighted by atomic mass is 10.00. The van der Waals surface area contributed by atoms with E-state index in [2.05, 4.69) is 29.4 Å². The van der Waals surface area contributed by atoms with Crippen LogP contribution in [0.2, 0.25) is 0 Å². The Bertz CT molecular complexity index is 415. The molecule has 0 saturated heterocycles. The molecule has 1 rings (SSSR count). The summed E-state index contributed by atoms with van der Waals surface area (Å²) in [6.07, 6.45) is 2.87. The van der Waals surface area contributed by atoms with Crippen molar-refractivity contribution >= 4 is 5.91 Å². The summed E-state index contributed by atoms with van der Waals surface area (Å²) < 4.78 is 0. The third-order valence-electron chi connectivity index (χ3n) is 3.70. The topological polar surface area (TPSA) is 78.0 Å². The lowest BCUT2D eigenvalue weighted by Crippen LogP contribution is -2.42. The average Bonchev–Trinajstić information content (AvgIpc) is 2.90. The minimum Gasteiger partial charge on any atom is -0.394 e. The van der Waals surface area contributed by atoms with Crippen LogP contribution in [0.4, 0.5) is 0 Å². The monoisotopic (exact) mass is 281 g/mol. The first-order valence-corrected chi connectivity index (χ1v) is 7.43. The highest BCUT2D eigenvalue weighted by atomic mass is 16.3. The standard InChI is InChI=1S/C15H27N3O2/c1-5-11(4)14(9-19)16-15(20)13-8-12(17-18-13)7-6-10(2)3/h8,10-11,14,19H,5-7,9H2,1-4H3,(H,16,20)(H,17,18). The van der Waals surface area contributed by atoms with Crippen LogP contribution in [0, 0.1) is 11.8 Å². The fourth-order valence-corrected chi connectivity index (χ4v) is 1.94. The van der Waals surface area contributed by atoms with Crippen molar-refractivity contribution in [1.82, 2.24) is 15.5 Å². The molecule has 1 amide bonds. The number of aromatic amines is 1. The highest BCUT2D eigenvalue weighted by Crippen LogP contribution is 2.10. The van der Waals surface area contributed by atoms with E-state index < -0.39 is 0 Å². The molecule has 0 aromatic carbocycles. The zero-order valence-electron chi connectivity index (χ0n) is 12.9. The number of aromatic nitrogens is 2. The second kappa shape index (κ2) is 8.04. The SMILES string of the molecule is CCC(C)C(CO)NC(=O)c1cc(CCC(C)C)[nH]n1. The van der Waals surface area contributed by atoms with Gasteiger partial charge in [-0.15, -0.1) is 0 Å². The molecule has 2 unspecified atom stereocenters. The van der Waals surface area contributed by atoms with Gasteiger partial charge >= 0.3 is 0 Å². The zero-order chi connectivity index (χ0) is 15.1. The first kappa shape index (κ1) is 16.7. The number of hydrogen-bond acceptors (Lipinski definition) is 3. The normalized spacial score (nSPS) is 14.3. The van der Waals surface area contributed by atoms with Crippen LogP contribution < -0.4 is 5.32 Å². The zero-order valence-corrected chi connectivity index (χ0v) is 12.9. The van der Waals surface area contributed by atoms with Crippen molar-refractivity contribution in [2.45, 2.75) is 53.0 Å². The summed E-state index contributed by atoms with van der Waals surface area (Å²) in [4.78, 5) is 12.1. The predicted molar refractivity (Wildman–Crippen MR) is 79.5 cm³/mol. The Morgan fingerprint density at radius 3 is 2.70 bits per heavy atom. The van der Waals surface area contributed by atoms with Crippen LogP contribution in [-0.4, -0.2) is 33.9 Å². The van der Waals surface area contributed by atoms with E-state index >= 15 is 0 Å². The van der Waals surface area contributed by atoms with Crippen molar-refractivity contribution in [1.29, 1.82) is 0 Å². The van der Waals surface area contributed by atoms with Crippen LogP contribution in [0.5, 0.6) is 0 Å². The Morgan fingerprint density at radius 2 is 2.15 bits per heavy atom. The fourth-order valence-electron chi connectivity index (χ4n) is 1.94. The quantitative estimate of drug-likeness (QED) is 0.683. The molecule has 20 heavy (non-hydrogen) atoms. The summed E-state index contributed by atoms with van der Waals surface area (Å²) in [5.74, 6) is 0.638. The van der Waals surface area contributed by atoms with Crippen LogP contribution in [0.3, 0.4) is 0 Å². The minimum absolute atomic E-state index is 0.0502. The third-order valence-corrected chi connectivity index (χ3v) is 3.70. The molecule has 0 spiro atoms. The van der Waals surface area contributed by atoms with Crippen LogP contribution in [0.1, 0.15) is 56.7 Å². The summed E-state index contributed by atoms with van der Waals surface area (Å²) in [7, 11) is 0. The van der Waals surface area contributed by atoms with E-state index in [4.69, 9.17) is 0 Å². The van der Waals surface area contributed by atoms with Gasteiger partial charge in [-0.2, -0.15) is 5.10 Å². The maximum absolute atomic E-state index is 12.1. The van der Waals surface area contributed by atoms with Gasteiger partial charge in [0.2, 0.25) is 0 Å². The number of amides is 1. The number of nitrogens with one attached hydrogen (secondary N) is 2. The molecule has 0 radical (unpaired) electrons. The second-order valence-corrected chi connectivity index (χ2v) is 5.86. The van der Waals surface area contributed by atoms with Gasteiger partial charge in [-0.25, -0.2) is 0 Å². The number of aliphatic hydroxyl groups is 1. The van der Waals surface area contributed by atoms with Gasteiger partial charge in [-0.1, -0.05) is 34.1 Å². The fraction of sp³-hybridized carbons (Fsp3) is 0.733. The van der Waals surface area contributed by atoms with E-state index in [1.165, 1.54) is 0 Å². The van der Waals surface area contributed by atoms with Gasteiger partial charge in [0.25, 0.3) is 5.91 Å². The summed E-state index contributed by atoms with van der Waals surface area (Å²) in [6, 6.07) is 1.58. The Hall–Kier alpha value is -1.36. The van der Waals surface area contributed by atoms with E-state index in [9.17, 15) is 9.90 Å². The van der Waals surface area contributed by atoms with E-state index in [-0.39, 0.29) is 24.5 Å². The van der Waals surface area contributed by atoms with Crippen molar-refractivity contribution in [3.05, 3.63) is 17.5 Å². The molecule has 5 nitrogen and oxygen atoms in total. The molecule has 5 heteroatoms. The van der Waals surface area contributed by atoms with Gasteiger partial charge in [0.05, 0.1) is 12.6 Å². The first-order valence-electron chi connectivity index (χ1n) is 7.43. The number of hydrogen-bond donors (Lipinski definition) is 3. The minimum atomic E-state index is -0.226. The molecule has 0 aliphatic rings. The average molecular weight is 281 g/mol. The Balaban J connectivity index is 2.59. The van der Waals surface area contributed by atoms with Crippen molar-refractivity contribution in [3.63, 3.8) is 0 Å². The predicted octanol–water partition coefficient (Wildman–Crippen LogP) is 2.14. The van der Waals surface area contributed by atoms with Gasteiger partial charge < -0.3 is 10.4 Å². The van der Waals surface area contributed by atoms with Crippen molar-refractivity contribution in [2.75, 3.05) is 6.61 Å². The maximum atomic E-state index is 12.1. The van der Waals surface area contributed by atoms with E-state index in [1.807, 2.05) is 13.8 Å². The lowest BCUT2D eigenvalue weighted by molar-refractivity contribution is 0.0886. The Morgan fingerprint density at radius 1 is 1.45 bits per heavy atom. The van der Waals surface area contributed by atoms with Gasteiger partial charge in [-0.05, 0) is 30.7 Å².